The van der Waals surface area contributed by atoms with Crippen molar-refractivity contribution in [3.05, 3.63) is 336 Å². The van der Waals surface area contributed by atoms with Gasteiger partial charge in [-0.15, -0.1) is 0 Å². The summed E-state index contributed by atoms with van der Waals surface area (Å²) in [5.74, 6) is 2.17. The number of carbonyl (C=O) groups is 2. The molecule has 104 heavy (non-hydrogen) atoms. The average molecular weight is 1520 g/mol. The predicted molar refractivity (Wildman–Crippen MR) is 401 cm³/mol. The molecule has 0 saturated carbocycles. The maximum atomic E-state index is 13.1. The number of aromatic amines is 2. The van der Waals surface area contributed by atoms with E-state index in [0.717, 1.165) is 49.4 Å². The number of ether oxygens (including phenoxy) is 4. The smallest absolute Gasteiger partial charge is 0.497 e. The highest BCUT2D eigenvalue weighted by molar-refractivity contribution is 9.10. The first kappa shape index (κ1) is 76.7. The Balaban J connectivity index is 0.000000168. The van der Waals surface area contributed by atoms with E-state index in [2.05, 4.69) is 56.5 Å². The molecule has 0 radical (unpaired) electrons. The maximum Gasteiger partial charge on any atom is 0.546 e. The van der Waals surface area contributed by atoms with Crippen molar-refractivity contribution < 1.29 is 56.9 Å². The number of hydrogen-bond donors (Lipinski definition) is 9. The molecule has 0 spiro atoms. The van der Waals surface area contributed by atoms with Gasteiger partial charge in [0.15, 0.2) is 11.6 Å². The molecule has 7 atom stereocenters. The summed E-state index contributed by atoms with van der Waals surface area (Å²) in [7, 11) is -0.880. The lowest BCUT2D eigenvalue weighted by Gasteiger charge is -2.20. The number of carbonyl (C=O) groups excluding carboxylic acids is 2. The Kier molecular flexibility index (Phi) is 27.6. The standard InChI is InChI=1S/2C24H19N4O5P.C14H14BrNO.C14H14NO3P/c2*1-33-17-9-5-15(6-10-17)21(16-7-11-18(12-8-16)34(31)32)27-23(29)19-14-26-22(28-24(19)30)20-4-2-3-13-25-20;1-17-13-8-4-11(5-9-13)14(16)10-2-6-12(15)7-3-10;1-18-12-6-2-10(3-7-12)14(15)11-4-8-13(9-5-11)19(16)17/h2*2-14,21H,1H3,(H2-,26,27,28,29,30,31,32);2-9,14H,16H2,1H3;2-9,14H,15H2,1H3/p+3. The van der Waals surface area contributed by atoms with E-state index >= 15 is 0 Å². The Morgan fingerprint density at radius 2 is 0.654 bits per heavy atom. The molecule has 0 saturated heterocycles. The van der Waals surface area contributed by atoms with Crippen molar-refractivity contribution >= 4 is 67.7 Å². The van der Waals surface area contributed by atoms with Crippen LogP contribution in [0.25, 0.3) is 23.0 Å². The number of pyridine rings is 2. The number of halogens is 1. The first-order valence-corrected chi connectivity index (χ1v) is 35.9. The summed E-state index contributed by atoms with van der Waals surface area (Å²) in [5, 5.41) is 6.66. The van der Waals surface area contributed by atoms with Gasteiger partial charge in [-0.1, -0.05) is 125 Å². The fourth-order valence-corrected chi connectivity index (χ4v) is 11.7. The number of nitrogens with one attached hydrogen (secondary N) is 4. The molecule has 4 heterocycles. The monoisotopic (exact) mass is 1520 g/mol. The van der Waals surface area contributed by atoms with Gasteiger partial charge in [-0.3, -0.25) is 29.1 Å². The molecule has 526 valence electrons. The van der Waals surface area contributed by atoms with Crippen LogP contribution >= 0.6 is 40.0 Å². The van der Waals surface area contributed by atoms with Gasteiger partial charge >= 0.3 is 24.1 Å². The average Bonchev–Trinajstić information content (AvgIpc) is 0.813. The van der Waals surface area contributed by atoms with E-state index in [-0.39, 0.29) is 45.5 Å². The molecule has 4 aromatic heterocycles. The summed E-state index contributed by atoms with van der Waals surface area (Å²) in [6, 6.07) is 65.8. The Hall–Kier alpha value is -11.5. The first-order valence-electron chi connectivity index (χ1n) is 31.5. The Labute approximate surface area is 608 Å². The molecule has 12 rings (SSSR count). The SMILES string of the molecule is COc1ccc(C(N)c2ccc(Br)cc2)cc1.COc1ccc(C(N)c2ccc([P+](=O)O)cc2)cc1.COc1ccc(C(NC(=O)c2cnc(-c3ccccn3)[nH]c2=O)c2ccc([P+](=O)O)cc2)cc1.COc1ccc(C(NC(=O)c2cnc(-c3ccccn3)[nH]c2=O)c2ccc([P+](=O)O)cc2)cc1. The number of nitrogens with two attached hydrogens (primary N) is 2. The molecule has 0 aliphatic heterocycles. The van der Waals surface area contributed by atoms with Crippen molar-refractivity contribution in [2.24, 2.45) is 11.5 Å². The van der Waals surface area contributed by atoms with Gasteiger partial charge in [-0.25, -0.2) is 9.97 Å². The van der Waals surface area contributed by atoms with Gasteiger partial charge in [0.2, 0.25) is 15.9 Å². The van der Waals surface area contributed by atoms with Crippen molar-refractivity contribution in [3.8, 4) is 46.0 Å². The van der Waals surface area contributed by atoms with Gasteiger partial charge in [0.25, 0.3) is 22.9 Å². The van der Waals surface area contributed by atoms with Crippen molar-refractivity contribution in [3.63, 3.8) is 0 Å². The third-order valence-corrected chi connectivity index (χ3v) is 18.6. The highest BCUT2D eigenvalue weighted by Crippen LogP contribution is 2.30. The second-order valence-electron chi connectivity index (χ2n) is 22.4. The zero-order valence-corrected chi connectivity index (χ0v) is 60.3. The lowest BCUT2D eigenvalue weighted by molar-refractivity contribution is 0.0932. The minimum Gasteiger partial charge on any atom is -0.497 e. The first-order chi connectivity index (χ1) is 50.2. The van der Waals surface area contributed by atoms with Crippen molar-refractivity contribution in [1.29, 1.82) is 0 Å². The zero-order chi connectivity index (χ0) is 74.2. The molecule has 0 bridgehead atoms. The van der Waals surface area contributed by atoms with Gasteiger partial charge in [0.05, 0.1) is 52.6 Å². The molecule has 28 heteroatoms. The van der Waals surface area contributed by atoms with Crippen LogP contribution in [0.2, 0.25) is 0 Å². The minimum absolute atomic E-state index is 0.103. The van der Waals surface area contributed by atoms with Gasteiger partial charge < -0.3 is 51.0 Å². The molecule has 12 aromatic rings. The molecule has 24 nitrogen and oxygen atoms in total. The number of hydrogen-bond acceptors (Lipinski definition) is 17. The number of H-pyrrole nitrogens is 2. The second-order valence-corrected chi connectivity index (χ2v) is 26.5. The van der Waals surface area contributed by atoms with Crippen molar-refractivity contribution in [2.75, 3.05) is 28.4 Å². The van der Waals surface area contributed by atoms with E-state index in [1.165, 1.54) is 36.7 Å². The molecule has 0 aliphatic carbocycles. The van der Waals surface area contributed by atoms with E-state index < -0.39 is 59.1 Å². The maximum absolute atomic E-state index is 13.1. The summed E-state index contributed by atoms with van der Waals surface area (Å²) in [6.07, 6.45) is 5.58. The van der Waals surface area contributed by atoms with Crippen LogP contribution < -0.4 is 68.1 Å². The van der Waals surface area contributed by atoms with Crippen molar-refractivity contribution in [2.45, 2.75) is 24.2 Å². The lowest BCUT2D eigenvalue weighted by atomic mass is 9.98. The molecular formula is C76H69BrN10O14P3+3. The summed E-state index contributed by atoms with van der Waals surface area (Å²) in [6.45, 7) is 0. The number of amides is 2. The Morgan fingerprint density at radius 1 is 0.394 bits per heavy atom. The van der Waals surface area contributed by atoms with Gasteiger partial charge in [0, 0.05) is 29.3 Å². The molecule has 8 aromatic carbocycles. The topological polar surface area (TPSA) is 376 Å². The highest BCUT2D eigenvalue weighted by Gasteiger charge is 2.26. The van der Waals surface area contributed by atoms with Gasteiger partial charge in [0.1, 0.15) is 45.5 Å². The number of nitrogens with zero attached hydrogens (tertiary/aromatic N) is 4. The van der Waals surface area contributed by atoms with Crippen LogP contribution in [0.4, 0.5) is 0 Å². The summed E-state index contributed by atoms with van der Waals surface area (Å²) in [4.78, 5) is 101. The Morgan fingerprint density at radius 3 is 0.904 bits per heavy atom. The fraction of sp³-hybridized carbons (Fsp3) is 0.105. The van der Waals surface area contributed by atoms with Gasteiger partial charge in [-0.05, 0) is 180 Å². The van der Waals surface area contributed by atoms with Crippen LogP contribution in [0.1, 0.15) is 89.4 Å². The largest absolute Gasteiger partial charge is 0.546 e. The van der Waals surface area contributed by atoms with E-state index in [0.29, 0.717) is 39.3 Å². The number of methoxy groups -OCH3 is 4. The van der Waals surface area contributed by atoms with Crippen molar-refractivity contribution in [1.82, 2.24) is 40.5 Å². The number of rotatable bonds is 21. The van der Waals surface area contributed by atoms with E-state index in [9.17, 15) is 42.7 Å². The van der Waals surface area contributed by atoms with Crippen LogP contribution in [0.5, 0.6) is 23.0 Å². The third kappa shape index (κ3) is 20.9. The number of aromatic nitrogens is 6. The van der Waals surface area contributed by atoms with E-state index in [4.69, 9.17) is 35.3 Å². The zero-order valence-electron chi connectivity index (χ0n) is 56.1. The summed E-state index contributed by atoms with van der Waals surface area (Å²) in [5.41, 5.74) is 18.6. The predicted octanol–water partition coefficient (Wildman–Crippen LogP) is 11.0. The normalized spacial score (nSPS) is 12.2. The molecule has 0 aliphatic rings. The van der Waals surface area contributed by atoms with Crippen LogP contribution in [0.15, 0.2) is 269 Å². The van der Waals surface area contributed by atoms with Crippen LogP contribution in [-0.2, 0) is 13.7 Å². The van der Waals surface area contributed by atoms with E-state index in [1.54, 1.807) is 174 Å². The quantitative estimate of drug-likeness (QED) is 0.0302. The fourth-order valence-electron chi connectivity index (χ4n) is 10.2. The lowest BCUT2D eigenvalue weighted by Crippen LogP contribution is -2.33. The number of benzene rings is 8. The Bertz CT molecular complexity index is 4790. The highest BCUT2D eigenvalue weighted by atomic mass is 79.9. The molecule has 7 unspecified atom stereocenters. The summed E-state index contributed by atoms with van der Waals surface area (Å²) < 4.78 is 55.3. The van der Waals surface area contributed by atoms with Crippen LogP contribution in [-0.4, -0.2) is 84.8 Å². The van der Waals surface area contributed by atoms with E-state index in [1.807, 2.05) is 72.8 Å². The van der Waals surface area contributed by atoms with Crippen LogP contribution in [0.3, 0.4) is 0 Å². The van der Waals surface area contributed by atoms with Crippen LogP contribution in [0, 0.1) is 0 Å². The molecule has 2 amide bonds. The van der Waals surface area contributed by atoms with Gasteiger partial charge in [-0.2, -0.15) is 14.7 Å². The molecule has 11 N–H and O–H groups in total. The molecular weight excluding hydrogens is 1450 g/mol. The summed E-state index contributed by atoms with van der Waals surface area (Å²) >= 11 is 3.41. The third-order valence-electron chi connectivity index (χ3n) is 15.9. The second kappa shape index (κ2) is 37.5. The molecule has 0 fully saturated rings. The minimum atomic E-state index is -2.48.